The average Bonchev–Trinajstić information content (AvgIpc) is 2.93. The minimum atomic E-state index is 0.00304. The molecular formula is C13H18N4O. The predicted octanol–water partition coefficient (Wildman–Crippen LogP) is 1.22. The van der Waals surface area contributed by atoms with Crippen LogP contribution in [0.15, 0.2) is 23.1 Å². The van der Waals surface area contributed by atoms with Gasteiger partial charge in [0.25, 0.3) is 0 Å². The van der Waals surface area contributed by atoms with Crippen molar-refractivity contribution < 1.29 is 0 Å². The zero-order valence-electron chi connectivity index (χ0n) is 10.8. The van der Waals surface area contributed by atoms with Gasteiger partial charge in [0.15, 0.2) is 11.1 Å². The molecule has 0 saturated carbocycles. The standard InChI is InChI=1S/C13H18N4O/c1-9(2)16-5-3-10(8-16)13-14-12-7-11(18)4-6-17(12)15-13/h4,6-7,9-10H,3,5,8H2,1-2H3,(H,14,15). The van der Waals surface area contributed by atoms with Gasteiger partial charge in [-0.2, -0.15) is 0 Å². The molecule has 0 spiro atoms. The van der Waals surface area contributed by atoms with Gasteiger partial charge in [0, 0.05) is 36.8 Å². The Morgan fingerprint density at radius 2 is 2.33 bits per heavy atom. The van der Waals surface area contributed by atoms with Crippen LogP contribution in [0.25, 0.3) is 5.65 Å². The number of hydrogen-bond acceptors (Lipinski definition) is 3. The lowest BCUT2D eigenvalue weighted by Crippen LogP contribution is -2.28. The van der Waals surface area contributed by atoms with Crippen molar-refractivity contribution in [3.8, 4) is 0 Å². The third-order valence-electron chi connectivity index (χ3n) is 3.71. The van der Waals surface area contributed by atoms with E-state index in [2.05, 4.69) is 28.8 Å². The fourth-order valence-corrected chi connectivity index (χ4v) is 2.58. The van der Waals surface area contributed by atoms with E-state index >= 15 is 0 Å². The quantitative estimate of drug-likeness (QED) is 0.867. The van der Waals surface area contributed by atoms with E-state index in [-0.39, 0.29) is 5.43 Å². The lowest BCUT2D eigenvalue weighted by Gasteiger charge is -2.19. The maximum atomic E-state index is 11.3. The van der Waals surface area contributed by atoms with Gasteiger partial charge in [-0.3, -0.25) is 9.89 Å². The molecule has 0 aliphatic carbocycles. The molecule has 2 aromatic rings. The van der Waals surface area contributed by atoms with E-state index in [1.807, 2.05) is 4.52 Å². The molecule has 1 atom stereocenters. The van der Waals surface area contributed by atoms with E-state index in [1.54, 1.807) is 18.3 Å². The van der Waals surface area contributed by atoms with Gasteiger partial charge < -0.3 is 4.90 Å². The number of nitrogens with one attached hydrogen (secondary N) is 1. The van der Waals surface area contributed by atoms with Crippen molar-refractivity contribution in [1.82, 2.24) is 19.5 Å². The molecular weight excluding hydrogens is 228 g/mol. The van der Waals surface area contributed by atoms with Crippen LogP contribution in [0.1, 0.15) is 32.0 Å². The fourth-order valence-electron chi connectivity index (χ4n) is 2.58. The Morgan fingerprint density at radius 1 is 1.50 bits per heavy atom. The van der Waals surface area contributed by atoms with Gasteiger partial charge in [-0.15, -0.1) is 0 Å². The highest BCUT2D eigenvalue weighted by Crippen LogP contribution is 2.26. The summed E-state index contributed by atoms with van der Waals surface area (Å²) in [4.78, 5) is 18.3. The minimum Gasteiger partial charge on any atom is -0.300 e. The number of likely N-dealkylation sites (tertiary alicyclic amines) is 1. The molecule has 2 aromatic heterocycles. The molecule has 18 heavy (non-hydrogen) atoms. The van der Waals surface area contributed by atoms with Crippen molar-refractivity contribution in [1.29, 1.82) is 0 Å². The molecule has 96 valence electrons. The third kappa shape index (κ3) is 1.95. The van der Waals surface area contributed by atoms with Gasteiger partial charge in [0.1, 0.15) is 5.82 Å². The molecule has 5 nitrogen and oxygen atoms in total. The molecule has 1 fully saturated rings. The summed E-state index contributed by atoms with van der Waals surface area (Å²) >= 11 is 0. The smallest absolute Gasteiger partial charge is 0.183 e. The predicted molar refractivity (Wildman–Crippen MR) is 69.9 cm³/mol. The van der Waals surface area contributed by atoms with E-state index in [0.29, 0.717) is 17.6 Å². The van der Waals surface area contributed by atoms with Crippen LogP contribution in [0, 0.1) is 0 Å². The Morgan fingerprint density at radius 3 is 3.06 bits per heavy atom. The van der Waals surface area contributed by atoms with Crippen LogP contribution in [0.2, 0.25) is 0 Å². The van der Waals surface area contributed by atoms with Crippen molar-refractivity contribution in [2.24, 2.45) is 0 Å². The summed E-state index contributed by atoms with van der Waals surface area (Å²) in [5, 5.41) is 3.26. The van der Waals surface area contributed by atoms with Crippen LogP contribution in [0.3, 0.4) is 0 Å². The monoisotopic (exact) mass is 246 g/mol. The van der Waals surface area contributed by atoms with Crippen LogP contribution in [0.5, 0.6) is 0 Å². The van der Waals surface area contributed by atoms with Crippen molar-refractivity contribution >= 4 is 5.65 Å². The van der Waals surface area contributed by atoms with Crippen molar-refractivity contribution in [3.63, 3.8) is 0 Å². The van der Waals surface area contributed by atoms with Gasteiger partial charge in [-0.25, -0.2) is 9.50 Å². The first kappa shape index (κ1) is 11.5. The number of H-pyrrole nitrogens is 1. The zero-order chi connectivity index (χ0) is 12.7. The van der Waals surface area contributed by atoms with Crippen molar-refractivity contribution in [2.75, 3.05) is 13.1 Å². The summed E-state index contributed by atoms with van der Waals surface area (Å²) in [7, 11) is 0. The number of hydrogen-bond donors (Lipinski definition) is 1. The number of aromatic amines is 1. The van der Waals surface area contributed by atoms with Crippen LogP contribution in [-0.2, 0) is 0 Å². The molecule has 0 bridgehead atoms. The average molecular weight is 246 g/mol. The van der Waals surface area contributed by atoms with E-state index < -0.39 is 0 Å². The first-order valence-corrected chi connectivity index (χ1v) is 6.46. The highest BCUT2D eigenvalue weighted by Gasteiger charge is 2.27. The highest BCUT2D eigenvalue weighted by atomic mass is 16.1. The molecule has 1 saturated heterocycles. The summed E-state index contributed by atoms with van der Waals surface area (Å²) in [6.45, 7) is 6.61. The summed E-state index contributed by atoms with van der Waals surface area (Å²) in [5.74, 6) is 1.44. The maximum absolute atomic E-state index is 11.3. The lowest BCUT2D eigenvalue weighted by molar-refractivity contribution is 0.272. The van der Waals surface area contributed by atoms with Gasteiger partial charge in [0.05, 0.1) is 0 Å². The van der Waals surface area contributed by atoms with Gasteiger partial charge in [-0.1, -0.05) is 0 Å². The summed E-state index contributed by atoms with van der Waals surface area (Å²) in [6, 6.07) is 3.69. The molecule has 3 heterocycles. The minimum absolute atomic E-state index is 0.00304. The molecule has 1 aliphatic heterocycles. The molecule has 3 rings (SSSR count). The Balaban J connectivity index is 1.89. The Labute approximate surface area is 105 Å². The number of fused-ring (bicyclic) bond motifs is 1. The molecule has 5 heteroatoms. The van der Waals surface area contributed by atoms with Crippen molar-refractivity contribution in [3.05, 3.63) is 34.4 Å². The number of aromatic nitrogens is 3. The Bertz CT molecular complexity index is 613. The Hall–Kier alpha value is -1.62. The zero-order valence-corrected chi connectivity index (χ0v) is 10.8. The van der Waals surface area contributed by atoms with Gasteiger partial charge in [0.2, 0.25) is 0 Å². The molecule has 1 aliphatic rings. The lowest BCUT2D eigenvalue weighted by atomic mass is 10.1. The maximum Gasteiger partial charge on any atom is 0.183 e. The molecule has 0 amide bonds. The van der Waals surface area contributed by atoms with Crippen LogP contribution in [0.4, 0.5) is 0 Å². The summed E-state index contributed by atoms with van der Waals surface area (Å²) in [6.07, 6.45) is 2.87. The first-order chi connectivity index (χ1) is 8.63. The SMILES string of the molecule is CC(C)N1CCC(c2nc3cc(=O)ccn3[nH]2)C1. The highest BCUT2D eigenvalue weighted by molar-refractivity contribution is 5.36. The second-order valence-electron chi connectivity index (χ2n) is 5.27. The van der Waals surface area contributed by atoms with Crippen LogP contribution >= 0.6 is 0 Å². The van der Waals surface area contributed by atoms with Crippen molar-refractivity contribution in [2.45, 2.75) is 32.2 Å². The number of rotatable bonds is 2. The number of pyridine rings is 1. The van der Waals surface area contributed by atoms with Gasteiger partial charge in [-0.05, 0) is 26.8 Å². The normalized spacial score (nSPS) is 21.2. The van der Waals surface area contributed by atoms with Crippen LogP contribution in [-0.4, -0.2) is 38.6 Å². The first-order valence-electron chi connectivity index (χ1n) is 6.46. The Kier molecular flexibility index (Phi) is 2.70. The second kappa shape index (κ2) is 4.24. The van der Waals surface area contributed by atoms with E-state index in [0.717, 1.165) is 25.3 Å². The largest absolute Gasteiger partial charge is 0.300 e. The summed E-state index contributed by atoms with van der Waals surface area (Å²) < 4.78 is 1.81. The van der Waals surface area contributed by atoms with Crippen LogP contribution < -0.4 is 5.43 Å². The van der Waals surface area contributed by atoms with E-state index in [9.17, 15) is 4.79 Å². The van der Waals surface area contributed by atoms with E-state index in [1.165, 1.54) is 0 Å². The fraction of sp³-hybridized carbons (Fsp3) is 0.538. The number of nitrogens with zero attached hydrogens (tertiary/aromatic N) is 3. The molecule has 1 N–H and O–H groups in total. The molecule has 0 aromatic carbocycles. The topological polar surface area (TPSA) is 53.4 Å². The second-order valence-corrected chi connectivity index (χ2v) is 5.27. The van der Waals surface area contributed by atoms with Gasteiger partial charge >= 0.3 is 0 Å². The molecule has 0 radical (unpaired) electrons. The van der Waals surface area contributed by atoms with E-state index in [4.69, 9.17) is 0 Å². The molecule has 1 unspecified atom stereocenters. The third-order valence-corrected chi connectivity index (χ3v) is 3.71. The summed E-state index contributed by atoms with van der Waals surface area (Å²) in [5.41, 5.74) is 0.712.